The van der Waals surface area contributed by atoms with Crippen LogP contribution >= 0.6 is 0 Å². The van der Waals surface area contributed by atoms with Gasteiger partial charge in [-0.05, 0) is 47.6 Å². The highest BCUT2D eigenvalue weighted by molar-refractivity contribution is 7.70. The van der Waals surface area contributed by atoms with Gasteiger partial charge in [0.15, 0.2) is 0 Å². The molecular formula is C20H17F2N3O2S. The van der Waals surface area contributed by atoms with E-state index in [-0.39, 0.29) is 12.1 Å². The van der Waals surface area contributed by atoms with Gasteiger partial charge < -0.3 is 4.98 Å². The van der Waals surface area contributed by atoms with E-state index in [9.17, 15) is 12.8 Å². The Bertz CT molecular complexity index is 1240. The first-order chi connectivity index (χ1) is 13.5. The molecule has 0 spiro atoms. The number of hydrogen-bond acceptors (Lipinski definition) is 3. The fraction of sp³-hybridized carbons (Fsp3) is 0.150. The van der Waals surface area contributed by atoms with Crippen molar-refractivity contribution < 1.29 is 17.2 Å². The summed E-state index contributed by atoms with van der Waals surface area (Å²) in [5.41, 5.74) is 1.45. The van der Waals surface area contributed by atoms with E-state index in [0.29, 0.717) is 24.0 Å². The minimum absolute atomic E-state index is 0.0866. The molecule has 8 heteroatoms. The van der Waals surface area contributed by atoms with Crippen LogP contribution in [0.5, 0.6) is 0 Å². The van der Waals surface area contributed by atoms with Gasteiger partial charge in [-0.3, -0.25) is 0 Å². The van der Waals surface area contributed by atoms with Crippen LogP contribution < -0.4 is 4.72 Å². The molecule has 2 aromatic heterocycles. The normalized spacial score (nSPS) is 11.7. The van der Waals surface area contributed by atoms with Gasteiger partial charge in [0.2, 0.25) is 10.9 Å². The molecule has 0 saturated carbocycles. The Hall–Kier alpha value is -2.84. The standard InChI is InChI=1S/C20H17F2N3O2S/c21-17-6-4-12(2-1-8-25-28(26)27)19(22)18(17)13-3-5-15-14(10-13)11-24-20-16(15)7-9-23-20/h3-7,9-11,28H,1-2,8H2,(H,23,24)(H,25,26,27). The quantitative estimate of drug-likeness (QED) is 0.341. The molecule has 2 aromatic carbocycles. The van der Waals surface area contributed by atoms with Gasteiger partial charge in [-0.15, -0.1) is 0 Å². The number of aryl methyl sites for hydroxylation is 1. The van der Waals surface area contributed by atoms with Crippen LogP contribution in [0.25, 0.3) is 32.9 Å². The third-order valence-corrected chi connectivity index (χ3v) is 5.21. The fourth-order valence-corrected chi connectivity index (χ4v) is 3.73. The number of nitrogens with zero attached hydrogens (tertiary/aromatic N) is 1. The predicted molar refractivity (Wildman–Crippen MR) is 106 cm³/mol. The Morgan fingerprint density at radius 3 is 2.75 bits per heavy atom. The number of nitrogens with one attached hydrogen (secondary N) is 2. The first kappa shape index (κ1) is 18.5. The highest BCUT2D eigenvalue weighted by Crippen LogP contribution is 2.32. The summed E-state index contributed by atoms with van der Waals surface area (Å²) in [6.07, 6.45) is 4.19. The second-order valence-corrected chi connectivity index (χ2v) is 7.29. The molecule has 0 saturated heterocycles. The summed E-state index contributed by atoms with van der Waals surface area (Å²) < 4.78 is 52.8. The topological polar surface area (TPSA) is 74.8 Å². The predicted octanol–water partition coefficient (Wildman–Crippen LogP) is 3.71. The minimum atomic E-state index is -2.67. The van der Waals surface area contributed by atoms with Gasteiger partial charge in [0.05, 0.1) is 5.56 Å². The SMILES string of the molecule is O=[SH](=O)NCCCc1ccc(F)c(-c2ccc3c(cnc4[nH]ccc43)c2)c1F. The molecule has 2 heterocycles. The van der Waals surface area contributed by atoms with Crippen molar-refractivity contribution in [1.82, 2.24) is 14.7 Å². The van der Waals surface area contributed by atoms with Crippen LogP contribution in [0.4, 0.5) is 8.78 Å². The van der Waals surface area contributed by atoms with E-state index >= 15 is 4.39 Å². The Morgan fingerprint density at radius 1 is 1.07 bits per heavy atom. The van der Waals surface area contributed by atoms with E-state index in [1.54, 1.807) is 24.5 Å². The molecule has 0 aliphatic rings. The number of halogens is 2. The average molecular weight is 401 g/mol. The molecule has 4 rings (SSSR count). The first-order valence-electron chi connectivity index (χ1n) is 8.75. The average Bonchev–Trinajstić information content (AvgIpc) is 3.15. The van der Waals surface area contributed by atoms with Gasteiger partial charge in [0, 0.05) is 29.7 Å². The van der Waals surface area contributed by atoms with E-state index in [0.717, 1.165) is 21.8 Å². The number of aromatic nitrogens is 2. The highest BCUT2D eigenvalue weighted by Gasteiger charge is 2.16. The summed E-state index contributed by atoms with van der Waals surface area (Å²) >= 11 is 0. The largest absolute Gasteiger partial charge is 0.346 e. The first-order valence-corrected chi connectivity index (χ1v) is 9.93. The van der Waals surface area contributed by atoms with E-state index in [1.165, 1.54) is 12.1 Å². The molecule has 0 unspecified atom stereocenters. The monoisotopic (exact) mass is 401 g/mol. The van der Waals surface area contributed by atoms with Crippen LogP contribution in [-0.2, 0) is 17.3 Å². The van der Waals surface area contributed by atoms with Crippen LogP contribution in [0, 0.1) is 11.6 Å². The second-order valence-electron chi connectivity index (χ2n) is 6.46. The summed E-state index contributed by atoms with van der Waals surface area (Å²) in [7, 11) is -2.67. The van der Waals surface area contributed by atoms with Gasteiger partial charge in [0.1, 0.15) is 17.3 Å². The van der Waals surface area contributed by atoms with Gasteiger partial charge >= 0.3 is 0 Å². The lowest BCUT2D eigenvalue weighted by atomic mass is 9.97. The van der Waals surface area contributed by atoms with Gasteiger partial charge in [0.25, 0.3) is 0 Å². The molecule has 0 radical (unpaired) electrons. The zero-order chi connectivity index (χ0) is 19.7. The lowest BCUT2D eigenvalue weighted by molar-refractivity contribution is 0.573. The number of benzene rings is 2. The van der Waals surface area contributed by atoms with Gasteiger partial charge in [-0.25, -0.2) is 26.9 Å². The third-order valence-electron chi connectivity index (χ3n) is 4.72. The van der Waals surface area contributed by atoms with Crippen LogP contribution in [0.1, 0.15) is 12.0 Å². The zero-order valence-electron chi connectivity index (χ0n) is 14.7. The second kappa shape index (κ2) is 7.65. The lowest BCUT2D eigenvalue weighted by Gasteiger charge is -2.11. The van der Waals surface area contributed by atoms with Gasteiger partial charge in [-0.1, -0.05) is 18.2 Å². The van der Waals surface area contributed by atoms with E-state index in [1.807, 2.05) is 12.1 Å². The van der Waals surface area contributed by atoms with E-state index in [2.05, 4.69) is 14.7 Å². The number of aromatic amines is 1. The highest BCUT2D eigenvalue weighted by atomic mass is 32.2. The summed E-state index contributed by atoms with van der Waals surface area (Å²) in [5, 5.41) is 2.69. The number of thiol groups is 1. The molecular weight excluding hydrogens is 384 g/mol. The maximum Gasteiger partial charge on any atom is 0.201 e. The number of fused-ring (bicyclic) bond motifs is 3. The Kier molecular flexibility index (Phi) is 5.06. The fourth-order valence-electron chi connectivity index (χ4n) is 3.39. The number of H-pyrrole nitrogens is 1. The maximum atomic E-state index is 15.0. The van der Waals surface area contributed by atoms with Crippen LogP contribution in [-0.4, -0.2) is 24.9 Å². The van der Waals surface area contributed by atoms with Crippen LogP contribution in [0.2, 0.25) is 0 Å². The van der Waals surface area contributed by atoms with Crippen molar-refractivity contribution in [3.63, 3.8) is 0 Å². The number of rotatable bonds is 6. The molecule has 0 atom stereocenters. The van der Waals surface area contributed by atoms with E-state index in [4.69, 9.17) is 0 Å². The minimum Gasteiger partial charge on any atom is -0.346 e. The summed E-state index contributed by atoms with van der Waals surface area (Å²) in [6.45, 7) is 0.208. The van der Waals surface area contributed by atoms with Crippen molar-refractivity contribution in [2.75, 3.05) is 6.54 Å². The van der Waals surface area contributed by atoms with Crippen molar-refractivity contribution in [1.29, 1.82) is 0 Å². The molecule has 5 nitrogen and oxygen atoms in total. The van der Waals surface area contributed by atoms with Crippen LogP contribution in [0.3, 0.4) is 0 Å². The van der Waals surface area contributed by atoms with Crippen molar-refractivity contribution >= 4 is 32.7 Å². The van der Waals surface area contributed by atoms with Crippen molar-refractivity contribution in [3.8, 4) is 11.1 Å². The lowest BCUT2D eigenvalue weighted by Crippen LogP contribution is -2.13. The molecule has 144 valence electrons. The third kappa shape index (κ3) is 3.48. The molecule has 0 amide bonds. The Morgan fingerprint density at radius 2 is 1.93 bits per heavy atom. The molecule has 2 N–H and O–H groups in total. The smallest absolute Gasteiger partial charge is 0.201 e. The molecule has 0 aliphatic heterocycles. The number of pyridine rings is 1. The Labute approximate surface area is 161 Å². The van der Waals surface area contributed by atoms with Crippen LogP contribution in [0.15, 0.2) is 48.8 Å². The summed E-state index contributed by atoms with van der Waals surface area (Å²) in [4.78, 5) is 7.37. The molecule has 0 bridgehead atoms. The van der Waals surface area contributed by atoms with Crippen molar-refractivity contribution in [2.24, 2.45) is 0 Å². The number of hydrogen-bond donors (Lipinski definition) is 3. The van der Waals surface area contributed by atoms with Gasteiger partial charge in [-0.2, -0.15) is 0 Å². The van der Waals surface area contributed by atoms with Crippen molar-refractivity contribution in [2.45, 2.75) is 12.8 Å². The zero-order valence-corrected chi connectivity index (χ0v) is 15.6. The summed E-state index contributed by atoms with van der Waals surface area (Å²) in [6, 6.07) is 9.82. The van der Waals surface area contributed by atoms with Crippen molar-refractivity contribution in [3.05, 3.63) is 66.0 Å². The van der Waals surface area contributed by atoms with E-state index < -0.39 is 22.5 Å². The maximum absolute atomic E-state index is 15.0. The molecule has 0 fully saturated rings. The molecule has 28 heavy (non-hydrogen) atoms. The summed E-state index contributed by atoms with van der Waals surface area (Å²) in [5.74, 6) is -1.27. The Balaban J connectivity index is 1.71. The molecule has 0 aliphatic carbocycles. The molecule has 4 aromatic rings.